The van der Waals surface area contributed by atoms with Crippen LogP contribution in [0.2, 0.25) is 6.04 Å². The third-order valence-electron chi connectivity index (χ3n) is 5.79. The number of hydrogen-bond donors (Lipinski definition) is 0. The van der Waals surface area contributed by atoms with Crippen molar-refractivity contribution in [3.8, 4) is 0 Å². The van der Waals surface area contributed by atoms with Crippen LogP contribution in [-0.4, -0.2) is 45.4 Å². The second-order valence-electron chi connectivity index (χ2n) is 9.17. The van der Waals surface area contributed by atoms with E-state index in [9.17, 15) is 4.79 Å². The zero-order valence-electron chi connectivity index (χ0n) is 20.2. The molecular formula is C28H35NO3Si. The number of carbonyl (C=O) groups is 1. The normalized spacial score (nSPS) is 11.9. The van der Waals surface area contributed by atoms with Gasteiger partial charge in [0.25, 0.3) is 8.32 Å². The van der Waals surface area contributed by atoms with E-state index in [4.69, 9.17) is 9.16 Å². The topological polar surface area (TPSA) is 38.8 Å². The lowest BCUT2D eigenvalue weighted by Crippen LogP contribution is -2.65. The van der Waals surface area contributed by atoms with Crippen LogP contribution in [0.1, 0.15) is 25.8 Å². The van der Waals surface area contributed by atoms with Crippen LogP contribution in [0.3, 0.4) is 0 Å². The summed E-state index contributed by atoms with van der Waals surface area (Å²) in [6.45, 7) is 5.37. The van der Waals surface area contributed by atoms with Gasteiger partial charge in [-0.15, -0.1) is 0 Å². The van der Waals surface area contributed by atoms with Crippen LogP contribution in [0.5, 0.6) is 0 Å². The van der Waals surface area contributed by atoms with Gasteiger partial charge in [-0.05, 0) is 36.2 Å². The summed E-state index contributed by atoms with van der Waals surface area (Å²) in [5.74, 6) is 0.0745. The second kappa shape index (κ2) is 11.4. The van der Waals surface area contributed by atoms with Crippen molar-refractivity contribution in [1.82, 2.24) is 4.90 Å². The monoisotopic (exact) mass is 461 g/mol. The molecule has 0 aliphatic carbocycles. The van der Waals surface area contributed by atoms with E-state index in [0.717, 1.165) is 22.4 Å². The Morgan fingerprint density at radius 3 is 1.79 bits per heavy atom. The van der Waals surface area contributed by atoms with Crippen LogP contribution >= 0.6 is 0 Å². The van der Waals surface area contributed by atoms with Gasteiger partial charge in [0.15, 0.2) is 0 Å². The molecule has 0 saturated heterocycles. The zero-order chi connectivity index (χ0) is 23.7. The molecule has 0 unspecified atom stereocenters. The van der Waals surface area contributed by atoms with E-state index in [1.54, 1.807) is 19.0 Å². The second-order valence-corrected chi connectivity index (χ2v) is 12.5. The summed E-state index contributed by atoms with van der Waals surface area (Å²) < 4.78 is 13.0. The molecule has 0 spiro atoms. The number of benzene rings is 3. The molecule has 0 radical (unpaired) electrons. The fourth-order valence-corrected chi connectivity index (χ4v) is 8.21. The maximum Gasteiger partial charge on any atom is 0.265 e. The number of hydrogen-bond acceptors (Lipinski definition) is 3. The van der Waals surface area contributed by atoms with Crippen molar-refractivity contribution in [2.45, 2.75) is 38.5 Å². The summed E-state index contributed by atoms with van der Waals surface area (Å²) in [6, 6.07) is 31.1. The Morgan fingerprint density at radius 2 is 1.30 bits per heavy atom. The first kappa shape index (κ1) is 24.9. The molecule has 0 bridgehead atoms. The largest absolute Gasteiger partial charge is 0.402 e. The summed E-state index contributed by atoms with van der Waals surface area (Å²) in [5, 5.41) is 2.20. The van der Waals surface area contributed by atoms with Gasteiger partial charge in [-0.2, -0.15) is 0 Å². The van der Waals surface area contributed by atoms with E-state index in [1.807, 2.05) is 54.6 Å². The molecule has 3 rings (SSSR count). The maximum absolute atomic E-state index is 13.1. The van der Waals surface area contributed by atoms with Crippen molar-refractivity contribution in [3.63, 3.8) is 0 Å². The fraction of sp³-hybridized carbons (Fsp3) is 0.321. The highest BCUT2D eigenvalue weighted by Gasteiger charge is 2.45. The Balaban J connectivity index is 1.86. The van der Waals surface area contributed by atoms with Gasteiger partial charge in [0.2, 0.25) is 5.91 Å². The predicted molar refractivity (Wildman–Crippen MR) is 137 cm³/mol. The first-order valence-corrected chi connectivity index (χ1v) is 13.6. The molecule has 33 heavy (non-hydrogen) atoms. The SMILES string of the molecule is CN(C)C(=O)C[Si](OC(C)(C)CCOCc1ccccc1)(c1ccccc1)c1ccccc1. The van der Waals surface area contributed by atoms with Crippen LogP contribution in [0.4, 0.5) is 0 Å². The molecule has 0 aromatic heterocycles. The minimum atomic E-state index is -2.88. The van der Waals surface area contributed by atoms with Crippen molar-refractivity contribution in [3.05, 3.63) is 96.6 Å². The molecule has 1 amide bonds. The third-order valence-corrected chi connectivity index (χ3v) is 10.0. The Morgan fingerprint density at radius 1 is 0.818 bits per heavy atom. The lowest BCUT2D eigenvalue weighted by molar-refractivity contribution is -0.126. The third kappa shape index (κ3) is 6.87. The van der Waals surface area contributed by atoms with E-state index < -0.39 is 13.9 Å². The first-order valence-electron chi connectivity index (χ1n) is 11.5. The van der Waals surface area contributed by atoms with Gasteiger partial charge in [0.05, 0.1) is 18.3 Å². The fourth-order valence-electron chi connectivity index (χ4n) is 3.92. The Bertz CT molecular complexity index is 952. The maximum atomic E-state index is 13.1. The average Bonchev–Trinajstić information content (AvgIpc) is 2.83. The van der Waals surface area contributed by atoms with Gasteiger partial charge in [-0.1, -0.05) is 91.0 Å². The number of carbonyl (C=O) groups excluding carboxylic acids is 1. The van der Waals surface area contributed by atoms with Gasteiger partial charge in [-0.3, -0.25) is 4.79 Å². The molecule has 0 heterocycles. The Labute approximate surface area is 199 Å². The summed E-state index contributed by atoms with van der Waals surface area (Å²) in [6.07, 6.45) is 0.727. The van der Waals surface area contributed by atoms with Crippen molar-refractivity contribution >= 4 is 24.6 Å². The number of nitrogens with zero attached hydrogens (tertiary/aromatic N) is 1. The van der Waals surface area contributed by atoms with Gasteiger partial charge in [-0.25, -0.2) is 0 Å². The molecule has 0 atom stereocenters. The number of amides is 1. The highest BCUT2D eigenvalue weighted by Crippen LogP contribution is 2.25. The quantitative estimate of drug-likeness (QED) is 0.317. The molecule has 5 heteroatoms. The van der Waals surface area contributed by atoms with E-state index in [-0.39, 0.29) is 5.91 Å². The first-order chi connectivity index (χ1) is 15.8. The van der Waals surface area contributed by atoms with Gasteiger partial charge in [0.1, 0.15) is 0 Å². The van der Waals surface area contributed by atoms with Crippen LogP contribution in [0.25, 0.3) is 0 Å². The molecule has 0 N–H and O–H groups in total. The highest BCUT2D eigenvalue weighted by molar-refractivity contribution is 6.99. The van der Waals surface area contributed by atoms with Crippen LogP contribution in [0, 0.1) is 0 Å². The number of rotatable bonds is 11. The van der Waals surface area contributed by atoms with E-state index in [2.05, 4.69) is 50.2 Å². The highest BCUT2D eigenvalue weighted by atomic mass is 28.4. The lowest BCUT2D eigenvalue weighted by atomic mass is 10.1. The molecular weight excluding hydrogens is 426 g/mol. The molecule has 3 aromatic carbocycles. The summed E-state index contributed by atoms with van der Waals surface area (Å²) in [5.41, 5.74) is 0.686. The smallest absolute Gasteiger partial charge is 0.265 e. The summed E-state index contributed by atoms with van der Waals surface area (Å²) in [4.78, 5) is 14.7. The van der Waals surface area contributed by atoms with Gasteiger partial charge >= 0.3 is 0 Å². The van der Waals surface area contributed by atoms with Crippen molar-refractivity contribution in [2.75, 3.05) is 20.7 Å². The molecule has 174 valence electrons. The van der Waals surface area contributed by atoms with E-state index >= 15 is 0 Å². The molecule has 0 fully saturated rings. The minimum Gasteiger partial charge on any atom is -0.402 e. The van der Waals surface area contributed by atoms with Crippen molar-refractivity contribution < 1.29 is 14.0 Å². The Kier molecular flexibility index (Phi) is 8.61. The lowest BCUT2D eigenvalue weighted by Gasteiger charge is -2.40. The minimum absolute atomic E-state index is 0.0745. The van der Waals surface area contributed by atoms with Gasteiger partial charge in [0, 0.05) is 20.7 Å². The van der Waals surface area contributed by atoms with E-state index in [1.165, 1.54) is 0 Å². The zero-order valence-corrected chi connectivity index (χ0v) is 21.2. The summed E-state index contributed by atoms with van der Waals surface area (Å²) >= 11 is 0. The summed E-state index contributed by atoms with van der Waals surface area (Å²) in [7, 11) is 0.731. The Hall–Kier alpha value is -2.73. The van der Waals surface area contributed by atoms with Crippen molar-refractivity contribution in [2.24, 2.45) is 0 Å². The molecule has 0 aliphatic heterocycles. The standard InChI is InChI=1S/C28H35NO3Si/c1-28(2,20-21-31-22-24-14-8-5-9-15-24)32-33(23-27(30)29(3)4,25-16-10-6-11-17-25)26-18-12-7-13-19-26/h5-19H,20-23H2,1-4H3. The van der Waals surface area contributed by atoms with Gasteiger partial charge < -0.3 is 14.1 Å². The average molecular weight is 462 g/mol. The van der Waals surface area contributed by atoms with Crippen LogP contribution in [-0.2, 0) is 20.6 Å². The van der Waals surface area contributed by atoms with E-state index in [0.29, 0.717) is 19.3 Å². The molecule has 0 saturated carbocycles. The molecule has 0 aliphatic rings. The predicted octanol–water partition coefficient (Wildman–Crippen LogP) is 4.24. The number of ether oxygens (including phenoxy) is 1. The van der Waals surface area contributed by atoms with Crippen molar-refractivity contribution in [1.29, 1.82) is 0 Å². The van der Waals surface area contributed by atoms with Crippen LogP contribution < -0.4 is 10.4 Å². The molecule has 3 aromatic rings. The van der Waals surface area contributed by atoms with Crippen LogP contribution in [0.15, 0.2) is 91.0 Å². The molecule has 4 nitrogen and oxygen atoms in total.